The predicted molar refractivity (Wildman–Crippen MR) is 65.6 cm³/mol. The molecule has 8 heteroatoms. The molecule has 0 saturated carbocycles. The normalized spacial score (nSPS) is 10.5. The van der Waals surface area contributed by atoms with Crippen LogP contribution >= 0.6 is 0 Å². The van der Waals surface area contributed by atoms with Crippen molar-refractivity contribution >= 4 is 11.9 Å². The van der Waals surface area contributed by atoms with Crippen LogP contribution in [-0.4, -0.2) is 22.2 Å². The van der Waals surface area contributed by atoms with Gasteiger partial charge in [0, 0.05) is 0 Å². The van der Waals surface area contributed by atoms with Crippen molar-refractivity contribution in [1.82, 2.24) is 0 Å². The van der Waals surface area contributed by atoms with Crippen molar-refractivity contribution < 1.29 is 37.4 Å². The molecule has 4 nitrogen and oxygen atoms in total. The van der Waals surface area contributed by atoms with E-state index < -0.39 is 57.5 Å². The molecule has 0 bridgehead atoms. The van der Waals surface area contributed by atoms with E-state index in [0.29, 0.717) is 24.3 Å². The maximum absolute atomic E-state index is 13.8. The summed E-state index contributed by atoms with van der Waals surface area (Å²) >= 11 is 0. The van der Waals surface area contributed by atoms with Gasteiger partial charge in [0.15, 0.2) is 0 Å². The van der Waals surface area contributed by atoms with Gasteiger partial charge in [0.05, 0.1) is 22.3 Å². The van der Waals surface area contributed by atoms with E-state index >= 15 is 0 Å². The van der Waals surface area contributed by atoms with Crippen molar-refractivity contribution in [2.75, 3.05) is 0 Å². The van der Waals surface area contributed by atoms with Crippen molar-refractivity contribution in [3.05, 3.63) is 58.7 Å². The van der Waals surface area contributed by atoms with Gasteiger partial charge in [-0.25, -0.2) is 27.2 Å². The van der Waals surface area contributed by atoms with E-state index in [2.05, 4.69) is 0 Å². The van der Waals surface area contributed by atoms with E-state index in [1.54, 1.807) is 0 Å². The molecule has 0 amide bonds. The topological polar surface area (TPSA) is 74.6 Å². The number of rotatable bonds is 3. The SMILES string of the molecule is O=C(O)c1cc(F)c(-c2c(F)cc(C(=O)O)cc2F)c(F)c1. The molecule has 22 heavy (non-hydrogen) atoms. The van der Waals surface area contributed by atoms with Crippen LogP contribution in [0.15, 0.2) is 24.3 Å². The highest BCUT2D eigenvalue weighted by atomic mass is 19.1. The summed E-state index contributed by atoms with van der Waals surface area (Å²) in [5.74, 6) is -9.19. The summed E-state index contributed by atoms with van der Waals surface area (Å²) in [6.45, 7) is 0. The molecule has 0 atom stereocenters. The summed E-state index contributed by atoms with van der Waals surface area (Å²) in [5, 5.41) is 17.3. The third-order valence-corrected chi connectivity index (χ3v) is 2.83. The van der Waals surface area contributed by atoms with Gasteiger partial charge in [0.25, 0.3) is 0 Å². The summed E-state index contributed by atoms with van der Waals surface area (Å²) in [5.41, 5.74) is -3.70. The molecular formula is C14H6F4O4. The second kappa shape index (κ2) is 5.47. The molecule has 0 aliphatic rings. The fraction of sp³-hybridized carbons (Fsp3) is 0. The molecule has 0 aromatic heterocycles. The van der Waals surface area contributed by atoms with Gasteiger partial charge in [-0.1, -0.05) is 0 Å². The maximum Gasteiger partial charge on any atom is 0.335 e. The Labute approximate surface area is 120 Å². The number of hydrogen-bond acceptors (Lipinski definition) is 2. The quantitative estimate of drug-likeness (QED) is 0.852. The molecule has 2 rings (SSSR count). The van der Waals surface area contributed by atoms with Crippen LogP contribution in [0.25, 0.3) is 11.1 Å². The second-order valence-electron chi connectivity index (χ2n) is 4.24. The summed E-state index contributed by atoms with van der Waals surface area (Å²) < 4.78 is 55.3. The van der Waals surface area contributed by atoms with Crippen LogP contribution in [0, 0.1) is 23.3 Å². The lowest BCUT2D eigenvalue weighted by molar-refractivity contribution is 0.0685. The lowest BCUT2D eigenvalue weighted by atomic mass is 9.99. The summed E-state index contributed by atoms with van der Waals surface area (Å²) in [6, 6.07) is 1.63. The van der Waals surface area contributed by atoms with E-state index in [1.807, 2.05) is 0 Å². The highest BCUT2D eigenvalue weighted by Crippen LogP contribution is 2.32. The fourth-order valence-corrected chi connectivity index (χ4v) is 1.87. The smallest absolute Gasteiger partial charge is 0.335 e. The van der Waals surface area contributed by atoms with Crippen LogP contribution in [-0.2, 0) is 0 Å². The highest BCUT2D eigenvalue weighted by molar-refractivity contribution is 5.90. The minimum Gasteiger partial charge on any atom is -0.478 e. The first-order valence-corrected chi connectivity index (χ1v) is 5.67. The number of carboxylic acid groups (broad SMARTS) is 2. The Morgan fingerprint density at radius 3 is 1.05 bits per heavy atom. The van der Waals surface area contributed by atoms with Crippen LogP contribution in [0.3, 0.4) is 0 Å². The Morgan fingerprint density at radius 1 is 0.636 bits per heavy atom. The lowest BCUT2D eigenvalue weighted by Gasteiger charge is -2.10. The lowest BCUT2D eigenvalue weighted by Crippen LogP contribution is -2.05. The standard InChI is InChI=1S/C14H6F4O4/c15-7-1-5(13(19)20)2-8(16)11(7)12-9(17)3-6(14(21)22)4-10(12)18/h1-4H,(H,19,20)(H,21,22). The van der Waals surface area contributed by atoms with Crippen molar-refractivity contribution in [2.45, 2.75) is 0 Å². The van der Waals surface area contributed by atoms with Gasteiger partial charge in [0.1, 0.15) is 23.3 Å². The largest absolute Gasteiger partial charge is 0.478 e. The minimum atomic E-state index is -1.62. The van der Waals surface area contributed by atoms with Gasteiger partial charge in [-0.3, -0.25) is 0 Å². The molecule has 0 saturated heterocycles. The third kappa shape index (κ3) is 2.62. The van der Waals surface area contributed by atoms with Gasteiger partial charge in [0.2, 0.25) is 0 Å². The molecule has 0 aliphatic heterocycles. The molecule has 0 radical (unpaired) electrons. The zero-order valence-electron chi connectivity index (χ0n) is 10.5. The van der Waals surface area contributed by atoms with Crippen molar-refractivity contribution in [3.63, 3.8) is 0 Å². The average molecular weight is 314 g/mol. The van der Waals surface area contributed by atoms with E-state index in [0.717, 1.165) is 0 Å². The van der Waals surface area contributed by atoms with Gasteiger partial charge in [-0.05, 0) is 24.3 Å². The number of carboxylic acids is 2. The van der Waals surface area contributed by atoms with Crippen molar-refractivity contribution in [2.24, 2.45) is 0 Å². The molecule has 0 fully saturated rings. The molecule has 2 aromatic carbocycles. The molecule has 0 aliphatic carbocycles. The molecule has 0 heterocycles. The van der Waals surface area contributed by atoms with E-state index in [1.165, 1.54) is 0 Å². The van der Waals surface area contributed by atoms with Gasteiger partial charge < -0.3 is 10.2 Å². The van der Waals surface area contributed by atoms with Crippen LogP contribution in [0.2, 0.25) is 0 Å². The van der Waals surface area contributed by atoms with Gasteiger partial charge in [-0.15, -0.1) is 0 Å². The monoisotopic (exact) mass is 314 g/mol. The van der Waals surface area contributed by atoms with E-state index in [-0.39, 0.29) is 0 Å². The summed E-state index contributed by atoms with van der Waals surface area (Å²) in [7, 11) is 0. The Kier molecular flexibility index (Phi) is 3.85. The Hall–Kier alpha value is -2.90. The Morgan fingerprint density at radius 2 is 0.864 bits per heavy atom. The summed E-state index contributed by atoms with van der Waals surface area (Å²) in [4.78, 5) is 21.3. The van der Waals surface area contributed by atoms with E-state index in [4.69, 9.17) is 10.2 Å². The third-order valence-electron chi connectivity index (χ3n) is 2.83. The van der Waals surface area contributed by atoms with Gasteiger partial charge >= 0.3 is 11.9 Å². The minimum absolute atomic E-state index is 0.407. The average Bonchev–Trinajstić information content (AvgIpc) is 2.40. The molecule has 0 unspecified atom stereocenters. The first-order chi connectivity index (χ1) is 10.2. The number of aromatic carboxylic acids is 2. The van der Waals surface area contributed by atoms with E-state index in [9.17, 15) is 27.2 Å². The van der Waals surface area contributed by atoms with Crippen LogP contribution in [0.4, 0.5) is 17.6 Å². The number of benzene rings is 2. The molecular weight excluding hydrogens is 308 g/mol. The van der Waals surface area contributed by atoms with Gasteiger partial charge in [-0.2, -0.15) is 0 Å². The number of hydrogen-bond donors (Lipinski definition) is 2. The van der Waals surface area contributed by atoms with Crippen LogP contribution in [0.5, 0.6) is 0 Å². The second-order valence-corrected chi connectivity index (χ2v) is 4.24. The van der Waals surface area contributed by atoms with Crippen molar-refractivity contribution in [3.8, 4) is 11.1 Å². The van der Waals surface area contributed by atoms with Crippen LogP contribution < -0.4 is 0 Å². The zero-order valence-corrected chi connectivity index (χ0v) is 10.5. The Bertz CT molecular complexity index is 688. The first kappa shape index (κ1) is 15.5. The molecule has 2 N–H and O–H groups in total. The first-order valence-electron chi connectivity index (χ1n) is 5.67. The Balaban J connectivity index is 2.72. The van der Waals surface area contributed by atoms with Crippen LogP contribution in [0.1, 0.15) is 20.7 Å². The number of halogens is 4. The zero-order chi connectivity index (χ0) is 16.6. The van der Waals surface area contributed by atoms with Crippen molar-refractivity contribution in [1.29, 1.82) is 0 Å². The fourth-order valence-electron chi connectivity index (χ4n) is 1.87. The molecule has 0 spiro atoms. The molecule has 2 aromatic rings. The predicted octanol–water partition coefficient (Wildman–Crippen LogP) is 3.31. The number of carbonyl (C=O) groups is 2. The molecule has 114 valence electrons. The summed E-state index contributed by atoms with van der Waals surface area (Å²) in [6.07, 6.45) is 0. The highest BCUT2D eigenvalue weighted by Gasteiger charge is 2.23. The maximum atomic E-state index is 13.8.